The van der Waals surface area contributed by atoms with E-state index in [-0.39, 0.29) is 19.2 Å². The third-order valence-corrected chi connectivity index (χ3v) is 3.97. The Morgan fingerprint density at radius 3 is 2.68 bits per heavy atom. The lowest BCUT2D eigenvalue weighted by Gasteiger charge is -2.06. The number of hydrogen-bond donors (Lipinski definition) is 2. The zero-order valence-electron chi connectivity index (χ0n) is 15.6. The van der Waals surface area contributed by atoms with E-state index in [1.165, 1.54) is 0 Å². The van der Waals surface area contributed by atoms with Crippen LogP contribution < -0.4 is 20.1 Å². The standard InChI is InChI=1S/C22H21N3O3/c1-27-19-11-9-17(10-12-19)16-25-22(26)24-13-2-3-15-28-20-8-4-6-18-7-5-14-23-21(18)20/h4-12,14H,13,15-16H2,1H3,(H2,24,25,26). The van der Waals surface area contributed by atoms with Gasteiger partial charge in [0.1, 0.15) is 23.6 Å². The second kappa shape index (κ2) is 9.83. The Bertz CT molecular complexity index is 986. The van der Waals surface area contributed by atoms with Crippen molar-refractivity contribution < 1.29 is 14.3 Å². The van der Waals surface area contributed by atoms with Crippen molar-refractivity contribution in [2.45, 2.75) is 6.54 Å². The Balaban J connectivity index is 1.38. The lowest BCUT2D eigenvalue weighted by molar-refractivity contribution is 0.241. The third kappa shape index (κ3) is 5.39. The monoisotopic (exact) mass is 375 g/mol. The van der Waals surface area contributed by atoms with Gasteiger partial charge in [-0.3, -0.25) is 4.98 Å². The van der Waals surface area contributed by atoms with Crippen molar-refractivity contribution >= 4 is 16.9 Å². The van der Waals surface area contributed by atoms with Gasteiger partial charge in [0.05, 0.1) is 13.7 Å². The zero-order chi connectivity index (χ0) is 19.6. The molecular weight excluding hydrogens is 354 g/mol. The molecule has 0 spiro atoms. The van der Waals surface area contributed by atoms with Gasteiger partial charge in [0.2, 0.25) is 0 Å². The number of para-hydroxylation sites is 1. The van der Waals surface area contributed by atoms with Gasteiger partial charge in [-0.25, -0.2) is 4.79 Å². The highest BCUT2D eigenvalue weighted by Crippen LogP contribution is 2.22. The van der Waals surface area contributed by atoms with Crippen LogP contribution in [0.15, 0.2) is 60.8 Å². The van der Waals surface area contributed by atoms with Crippen LogP contribution in [0.3, 0.4) is 0 Å². The molecule has 6 heteroatoms. The number of pyridine rings is 1. The van der Waals surface area contributed by atoms with E-state index in [1.807, 2.05) is 54.6 Å². The first-order valence-electron chi connectivity index (χ1n) is 8.83. The number of benzene rings is 2. The summed E-state index contributed by atoms with van der Waals surface area (Å²) in [5.41, 5.74) is 1.79. The predicted molar refractivity (Wildman–Crippen MR) is 108 cm³/mol. The molecule has 0 fully saturated rings. The van der Waals surface area contributed by atoms with Crippen LogP contribution in [-0.4, -0.2) is 31.3 Å². The molecule has 6 nitrogen and oxygen atoms in total. The molecule has 0 aliphatic heterocycles. The number of methoxy groups -OCH3 is 1. The fourth-order valence-corrected chi connectivity index (χ4v) is 2.53. The molecule has 0 bridgehead atoms. The zero-order valence-corrected chi connectivity index (χ0v) is 15.6. The number of urea groups is 1. The average Bonchev–Trinajstić information content (AvgIpc) is 2.75. The number of aromatic nitrogens is 1. The Morgan fingerprint density at radius 2 is 1.86 bits per heavy atom. The Morgan fingerprint density at radius 1 is 1.04 bits per heavy atom. The fourth-order valence-electron chi connectivity index (χ4n) is 2.53. The quantitative estimate of drug-likeness (QED) is 0.650. The first-order chi connectivity index (χ1) is 13.8. The molecule has 0 atom stereocenters. The van der Waals surface area contributed by atoms with Crippen molar-refractivity contribution in [3.63, 3.8) is 0 Å². The van der Waals surface area contributed by atoms with Gasteiger partial charge in [0.25, 0.3) is 0 Å². The molecule has 0 radical (unpaired) electrons. The van der Waals surface area contributed by atoms with Crippen LogP contribution >= 0.6 is 0 Å². The molecule has 0 saturated carbocycles. The predicted octanol–water partition coefficient (Wildman–Crippen LogP) is 3.13. The van der Waals surface area contributed by atoms with E-state index in [0.717, 1.165) is 22.2 Å². The molecule has 0 unspecified atom stereocenters. The Hall–Kier alpha value is -3.72. The molecule has 1 heterocycles. The van der Waals surface area contributed by atoms with E-state index in [1.54, 1.807) is 13.3 Å². The van der Waals surface area contributed by atoms with Crippen LogP contribution in [-0.2, 0) is 6.54 Å². The Kier molecular flexibility index (Phi) is 6.69. The Labute approximate surface area is 163 Å². The smallest absolute Gasteiger partial charge is 0.315 e. The first kappa shape index (κ1) is 19.1. The summed E-state index contributed by atoms with van der Waals surface area (Å²) in [6.45, 7) is 0.900. The van der Waals surface area contributed by atoms with E-state index < -0.39 is 0 Å². The number of hydrogen-bond acceptors (Lipinski definition) is 4. The molecule has 3 rings (SSSR count). The van der Waals surface area contributed by atoms with Gasteiger partial charge >= 0.3 is 6.03 Å². The summed E-state index contributed by atoms with van der Waals surface area (Å²) >= 11 is 0. The molecule has 2 N–H and O–H groups in total. The van der Waals surface area contributed by atoms with E-state index in [2.05, 4.69) is 27.5 Å². The van der Waals surface area contributed by atoms with Crippen LogP contribution in [0.1, 0.15) is 5.56 Å². The fraction of sp³-hybridized carbons (Fsp3) is 0.182. The highest BCUT2D eigenvalue weighted by molar-refractivity contribution is 5.84. The highest BCUT2D eigenvalue weighted by Gasteiger charge is 2.01. The van der Waals surface area contributed by atoms with Gasteiger partial charge in [0.15, 0.2) is 0 Å². The highest BCUT2D eigenvalue weighted by atomic mass is 16.5. The lowest BCUT2D eigenvalue weighted by atomic mass is 10.2. The number of amides is 2. The van der Waals surface area contributed by atoms with Crippen LogP contribution in [0.4, 0.5) is 4.79 Å². The van der Waals surface area contributed by atoms with Crippen LogP contribution in [0, 0.1) is 11.8 Å². The normalized spacial score (nSPS) is 9.89. The average molecular weight is 375 g/mol. The van der Waals surface area contributed by atoms with Gasteiger partial charge in [-0.1, -0.05) is 42.2 Å². The SMILES string of the molecule is COc1ccc(CNC(=O)NCC#CCOc2cccc3cccnc23)cc1. The summed E-state index contributed by atoms with van der Waals surface area (Å²) < 4.78 is 10.8. The maximum atomic E-state index is 11.8. The van der Waals surface area contributed by atoms with Crippen LogP contribution in [0.2, 0.25) is 0 Å². The number of rotatable bonds is 6. The summed E-state index contributed by atoms with van der Waals surface area (Å²) in [6.07, 6.45) is 1.73. The van der Waals surface area contributed by atoms with Gasteiger partial charge in [-0.05, 0) is 29.8 Å². The summed E-state index contributed by atoms with van der Waals surface area (Å²) in [5, 5.41) is 6.48. The van der Waals surface area contributed by atoms with Crippen molar-refractivity contribution in [2.24, 2.45) is 0 Å². The molecular formula is C22H21N3O3. The molecule has 2 amide bonds. The van der Waals surface area contributed by atoms with E-state index in [0.29, 0.717) is 12.3 Å². The molecule has 3 aromatic rings. The molecule has 0 aliphatic rings. The van der Waals surface area contributed by atoms with Crippen LogP contribution in [0.5, 0.6) is 11.5 Å². The third-order valence-electron chi connectivity index (χ3n) is 3.97. The summed E-state index contributed by atoms with van der Waals surface area (Å²) in [7, 11) is 1.62. The number of nitrogens with zero attached hydrogens (tertiary/aromatic N) is 1. The minimum atomic E-state index is -0.274. The molecule has 2 aromatic carbocycles. The number of nitrogens with one attached hydrogen (secondary N) is 2. The first-order valence-corrected chi connectivity index (χ1v) is 8.83. The van der Waals surface area contributed by atoms with Crippen molar-refractivity contribution in [3.05, 3.63) is 66.4 Å². The van der Waals surface area contributed by atoms with Crippen LogP contribution in [0.25, 0.3) is 10.9 Å². The van der Waals surface area contributed by atoms with Crippen molar-refractivity contribution in [1.29, 1.82) is 0 Å². The van der Waals surface area contributed by atoms with E-state index in [4.69, 9.17) is 9.47 Å². The molecule has 1 aromatic heterocycles. The van der Waals surface area contributed by atoms with Gasteiger partial charge in [0, 0.05) is 18.1 Å². The maximum absolute atomic E-state index is 11.8. The van der Waals surface area contributed by atoms with Gasteiger partial charge < -0.3 is 20.1 Å². The minimum absolute atomic E-state index is 0.227. The van der Waals surface area contributed by atoms with Crippen molar-refractivity contribution in [2.75, 3.05) is 20.3 Å². The van der Waals surface area contributed by atoms with Gasteiger partial charge in [-0.2, -0.15) is 0 Å². The minimum Gasteiger partial charge on any atom is -0.497 e. The lowest BCUT2D eigenvalue weighted by Crippen LogP contribution is -2.35. The van der Waals surface area contributed by atoms with E-state index in [9.17, 15) is 4.79 Å². The second-order valence-corrected chi connectivity index (χ2v) is 5.86. The molecule has 142 valence electrons. The maximum Gasteiger partial charge on any atom is 0.315 e. The number of fused-ring (bicyclic) bond motifs is 1. The van der Waals surface area contributed by atoms with Crippen molar-refractivity contribution in [1.82, 2.24) is 15.6 Å². The van der Waals surface area contributed by atoms with Gasteiger partial charge in [-0.15, -0.1) is 0 Å². The number of carbonyl (C=O) groups excluding carboxylic acids is 1. The molecule has 0 aliphatic carbocycles. The number of ether oxygens (including phenoxy) is 2. The summed E-state index contributed by atoms with van der Waals surface area (Å²) in [6, 6.07) is 16.9. The molecule has 0 saturated heterocycles. The number of carbonyl (C=O) groups is 1. The summed E-state index contributed by atoms with van der Waals surface area (Å²) in [5.74, 6) is 7.22. The largest absolute Gasteiger partial charge is 0.497 e. The second-order valence-electron chi connectivity index (χ2n) is 5.86. The van der Waals surface area contributed by atoms with E-state index >= 15 is 0 Å². The topological polar surface area (TPSA) is 72.5 Å². The summed E-state index contributed by atoms with van der Waals surface area (Å²) in [4.78, 5) is 16.1. The van der Waals surface area contributed by atoms with Crippen molar-refractivity contribution in [3.8, 4) is 23.3 Å². The molecule has 28 heavy (non-hydrogen) atoms.